The van der Waals surface area contributed by atoms with E-state index >= 15 is 0 Å². The van der Waals surface area contributed by atoms with Crippen LogP contribution in [-0.4, -0.2) is 43.6 Å². The summed E-state index contributed by atoms with van der Waals surface area (Å²) >= 11 is 1.53. The van der Waals surface area contributed by atoms with E-state index < -0.39 is 0 Å². The fourth-order valence-electron chi connectivity index (χ4n) is 3.01. The van der Waals surface area contributed by atoms with Crippen molar-refractivity contribution in [1.82, 2.24) is 24.6 Å². The van der Waals surface area contributed by atoms with Crippen LogP contribution in [0.5, 0.6) is 0 Å². The van der Waals surface area contributed by atoms with Crippen LogP contribution in [0, 0.1) is 0 Å². The van der Waals surface area contributed by atoms with Gasteiger partial charge < -0.3 is 4.57 Å². The normalized spacial score (nSPS) is 14.9. The van der Waals surface area contributed by atoms with Gasteiger partial charge in [-0.1, -0.05) is 13.8 Å². The second-order valence-corrected chi connectivity index (χ2v) is 7.21. The van der Waals surface area contributed by atoms with Gasteiger partial charge in [0.15, 0.2) is 5.13 Å². The number of anilines is 1. The van der Waals surface area contributed by atoms with Crippen LogP contribution < -0.4 is 4.90 Å². The summed E-state index contributed by atoms with van der Waals surface area (Å²) in [4.78, 5) is 20.3. The van der Waals surface area contributed by atoms with Crippen LogP contribution in [0.4, 0.5) is 5.13 Å². The molecule has 1 aliphatic rings. The quantitative estimate of drug-likeness (QED) is 0.829. The van der Waals surface area contributed by atoms with Gasteiger partial charge >= 0.3 is 0 Å². The van der Waals surface area contributed by atoms with E-state index in [1.807, 2.05) is 12.3 Å². The summed E-state index contributed by atoms with van der Waals surface area (Å²) in [5.41, 5.74) is 1.01. The second kappa shape index (κ2) is 6.98. The van der Waals surface area contributed by atoms with Gasteiger partial charge in [0.2, 0.25) is 5.91 Å². The first-order valence-electron chi connectivity index (χ1n) is 8.36. The van der Waals surface area contributed by atoms with Gasteiger partial charge in [-0.05, 0) is 6.92 Å². The van der Waals surface area contributed by atoms with Gasteiger partial charge in [0.25, 0.3) is 0 Å². The Hall–Kier alpha value is -1.80. The van der Waals surface area contributed by atoms with E-state index in [1.54, 1.807) is 11.8 Å². The molecule has 0 radical (unpaired) electrons. The zero-order chi connectivity index (χ0) is 17.3. The highest BCUT2D eigenvalue weighted by atomic mass is 32.1. The molecule has 0 N–H and O–H groups in total. The molecule has 3 heterocycles. The molecule has 0 spiro atoms. The molecule has 0 unspecified atom stereocenters. The molecule has 0 fully saturated rings. The van der Waals surface area contributed by atoms with Gasteiger partial charge in [-0.15, -0.1) is 21.5 Å². The predicted molar refractivity (Wildman–Crippen MR) is 94.0 cm³/mol. The van der Waals surface area contributed by atoms with Crippen molar-refractivity contribution in [3.63, 3.8) is 0 Å². The SMILES string of the molecule is CCN(C(C)=O)c1nc(CN2CCn3c(nnc3C(C)C)C2)cs1. The molecule has 0 saturated carbocycles. The first-order valence-corrected chi connectivity index (χ1v) is 9.24. The molecule has 24 heavy (non-hydrogen) atoms. The van der Waals surface area contributed by atoms with Crippen LogP contribution in [0.1, 0.15) is 51.0 Å². The van der Waals surface area contributed by atoms with Gasteiger partial charge in [0, 0.05) is 44.4 Å². The highest BCUT2D eigenvalue weighted by Gasteiger charge is 2.23. The lowest BCUT2D eigenvalue weighted by Gasteiger charge is -2.27. The summed E-state index contributed by atoms with van der Waals surface area (Å²) < 4.78 is 2.24. The number of carbonyl (C=O) groups excluding carboxylic acids is 1. The molecule has 1 aliphatic heterocycles. The maximum Gasteiger partial charge on any atom is 0.225 e. The topological polar surface area (TPSA) is 67.2 Å². The molecule has 1 amide bonds. The zero-order valence-electron chi connectivity index (χ0n) is 14.7. The Kier molecular flexibility index (Phi) is 4.96. The van der Waals surface area contributed by atoms with Crippen molar-refractivity contribution in [2.45, 2.75) is 53.2 Å². The minimum atomic E-state index is 0.0330. The molecule has 0 saturated heterocycles. The largest absolute Gasteiger partial charge is 0.312 e. The van der Waals surface area contributed by atoms with E-state index in [0.717, 1.165) is 48.7 Å². The van der Waals surface area contributed by atoms with Gasteiger partial charge in [0.1, 0.15) is 11.6 Å². The number of carbonyl (C=O) groups is 1. The molecule has 2 aromatic heterocycles. The van der Waals surface area contributed by atoms with Crippen LogP contribution in [-0.2, 0) is 24.4 Å². The molecule has 0 aromatic carbocycles. The van der Waals surface area contributed by atoms with E-state index in [9.17, 15) is 4.79 Å². The maximum atomic E-state index is 11.6. The number of thiazole rings is 1. The van der Waals surface area contributed by atoms with Crippen LogP contribution in [0.3, 0.4) is 0 Å². The minimum Gasteiger partial charge on any atom is -0.312 e. The van der Waals surface area contributed by atoms with E-state index in [4.69, 9.17) is 0 Å². The third-order valence-corrected chi connectivity index (χ3v) is 5.14. The number of hydrogen-bond acceptors (Lipinski definition) is 6. The number of aromatic nitrogens is 4. The first-order chi connectivity index (χ1) is 11.5. The molecule has 7 nitrogen and oxygen atoms in total. The van der Waals surface area contributed by atoms with Crippen molar-refractivity contribution in [2.24, 2.45) is 0 Å². The number of amides is 1. The molecular weight excluding hydrogens is 324 g/mol. The third kappa shape index (κ3) is 3.34. The number of nitrogens with zero attached hydrogens (tertiary/aromatic N) is 6. The summed E-state index contributed by atoms with van der Waals surface area (Å²) in [5, 5.41) is 11.5. The Morgan fingerprint density at radius 2 is 2.17 bits per heavy atom. The monoisotopic (exact) mass is 348 g/mol. The van der Waals surface area contributed by atoms with Crippen molar-refractivity contribution >= 4 is 22.4 Å². The Labute approximate surface area is 146 Å². The molecular formula is C16H24N6OS. The summed E-state index contributed by atoms with van der Waals surface area (Å²) in [7, 11) is 0. The fourth-order valence-corrected chi connectivity index (χ4v) is 3.93. The van der Waals surface area contributed by atoms with Crippen molar-refractivity contribution in [3.8, 4) is 0 Å². The van der Waals surface area contributed by atoms with Gasteiger partial charge in [-0.2, -0.15) is 0 Å². The molecule has 8 heteroatoms. The van der Waals surface area contributed by atoms with Crippen LogP contribution in [0.2, 0.25) is 0 Å². The summed E-state index contributed by atoms with van der Waals surface area (Å²) in [6, 6.07) is 0. The van der Waals surface area contributed by atoms with E-state index in [0.29, 0.717) is 12.5 Å². The first kappa shape index (κ1) is 17.0. The molecule has 2 aromatic rings. The number of rotatable bonds is 5. The van der Waals surface area contributed by atoms with E-state index in [2.05, 4.69) is 38.5 Å². The Bertz CT molecular complexity index is 722. The standard InChI is InChI=1S/C16H24N6OS/c1-5-21(12(4)23)16-17-13(10-24-16)8-20-6-7-22-14(9-20)18-19-15(22)11(2)3/h10-11H,5-9H2,1-4H3. The van der Waals surface area contributed by atoms with Gasteiger partial charge in [-0.25, -0.2) is 4.98 Å². The number of fused-ring (bicyclic) bond motifs is 1. The Balaban J connectivity index is 1.67. The van der Waals surface area contributed by atoms with Crippen molar-refractivity contribution in [3.05, 3.63) is 22.7 Å². The lowest BCUT2D eigenvalue weighted by Crippen LogP contribution is -2.34. The van der Waals surface area contributed by atoms with Crippen LogP contribution >= 0.6 is 11.3 Å². The molecule has 0 aliphatic carbocycles. The van der Waals surface area contributed by atoms with Crippen LogP contribution in [0.25, 0.3) is 0 Å². The average molecular weight is 348 g/mol. The minimum absolute atomic E-state index is 0.0330. The number of hydrogen-bond donors (Lipinski definition) is 0. The van der Waals surface area contributed by atoms with Crippen molar-refractivity contribution < 1.29 is 4.79 Å². The maximum absolute atomic E-state index is 11.6. The Morgan fingerprint density at radius 3 is 2.83 bits per heavy atom. The lowest BCUT2D eigenvalue weighted by molar-refractivity contribution is -0.116. The zero-order valence-corrected chi connectivity index (χ0v) is 15.5. The van der Waals surface area contributed by atoms with Crippen molar-refractivity contribution in [2.75, 3.05) is 18.0 Å². The molecule has 3 rings (SSSR count). The predicted octanol–water partition coefficient (Wildman–Crippen LogP) is 2.25. The second-order valence-electron chi connectivity index (χ2n) is 6.38. The van der Waals surface area contributed by atoms with E-state index in [1.165, 1.54) is 11.3 Å². The van der Waals surface area contributed by atoms with Crippen LogP contribution in [0.15, 0.2) is 5.38 Å². The smallest absolute Gasteiger partial charge is 0.225 e. The van der Waals surface area contributed by atoms with Gasteiger partial charge in [-0.3, -0.25) is 14.6 Å². The van der Waals surface area contributed by atoms with Crippen molar-refractivity contribution in [1.29, 1.82) is 0 Å². The third-order valence-electron chi connectivity index (χ3n) is 4.23. The molecule has 0 atom stereocenters. The van der Waals surface area contributed by atoms with Gasteiger partial charge in [0.05, 0.1) is 12.2 Å². The highest BCUT2D eigenvalue weighted by Crippen LogP contribution is 2.23. The Morgan fingerprint density at radius 1 is 1.38 bits per heavy atom. The fraction of sp³-hybridized carbons (Fsp3) is 0.625. The van der Waals surface area contributed by atoms with E-state index in [-0.39, 0.29) is 5.91 Å². The molecule has 130 valence electrons. The summed E-state index contributed by atoms with van der Waals surface area (Å²) in [6.07, 6.45) is 0. The molecule has 0 bridgehead atoms. The highest BCUT2D eigenvalue weighted by molar-refractivity contribution is 7.14. The lowest BCUT2D eigenvalue weighted by atomic mass is 10.2. The average Bonchev–Trinajstić information content (AvgIpc) is 3.14. The summed E-state index contributed by atoms with van der Waals surface area (Å²) in [5.74, 6) is 2.52. The summed E-state index contributed by atoms with van der Waals surface area (Å²) in [6.45, 7) is 11.9.